The Kier molecular flexibility index (Phi) is 5.54. The maximum Gasteiger partial charge on any atom is 0.131 e. The minimum absolute atomic E-state index is 0.104. The third-order valence-corrected chi connectivity index (χ3v) is 2.62. The van der Waals surface area contributed by atoms with Crippen LogP contribution in [0.25, 0.3) is 0 Å². The van der Waals surface area contributed by atoms with E-state index in [1.165, 1.54) is 0 Å². The molecule has 1 rings (SSSR count). The van der Waals surface area contributed by atoms with Crippen LogP contribution >= 0.6 is 0 Å². The molecule has 1 unspecified atom stereocenters. The van der Waals surface area contributed by atoms with Gasteiger partial charge in [0.1, 0.15) is 17.5 Å². The summed E-state index contributed by atoms with van der Waals surface area (Å²) in [5.74, 6) is 2.44. The molecule has 0 saturated heterocycles. The zero-order chi connectivity index (χ0) is 14.5. The van der Waals surface area contributed by atoms with E-state index >= 15 is 0 Å². The summed E-state index contributed by atoms with van der Waals surface area (Å²) in [6.45, 7) is 12.2. The molecule has 0 aliphatic carbocycles. The number of hydrogen-bond acceptors (Lipinski definition) is 5. The van der Waals surface area contributed by atoms with E-state index in [2.05, 4.69) is 41.4 Å². The SMILES string of the molecule is Cc1nc(NCCC(C)(C)C)cc(NCC(C)N)n1. The summed E-state index contributed by atoms with van der Waals surface area (Å²) in [5.41, 5.74) is 6.05. The van der Waals surface area contributed by atoms with Gasteiger partial charge < -0.3 is 16.4 Å². The molecule has 0 bridgehead atoms. The van der Waals surface area contributed by atoms with E-state index < -0.39 is 0 Å². The lowest BCUT2D eigenvalue weighted by Crippen LogP contribution is -2.25. The molecule has 0 amide bonds. The lowest BCUT2D eigenvalue weighted by molar-refractivity contribution is 0.389. The van der Waals surface area contributed by atoms with Gasteiger partial charge in [0.05, 0.1) is 0 Å². The Labute approximate surface area is 116 Å². The van der Waals surface area contributed by atoms with Crippen molar-refractivity contribution in [2.24, 2.45) is 11.1 Å². The van der Waals surface area contributed by atoms with Crippen molar-refractivity contribution in [3.8, 4) is 0 Å². The predicted molar refractivity (Wildman–Crippen MR) is 81.5 cm³/mol. The van der Waals surface area contributed by atoms with Crippen molar-refractivity contribution in [1.82, 2.24) is 9.97 Å². The van der Waals surface area contributed by atoms with Crippen molar-refractivity contribution in [2.75, 3.05) is 23.7 Å². The Morgan fingerprint density at radius 3 is 2.32 bits per heavy atom. The first-order valence-corrected chi connectivity index (χ1v) is 6.85. The van der Waals surface area contributed by atoms with Gasteiger partial charge in [-0.3, -0.25) is 0 Å². The van der Waals surface area contributed by atoms with Crippen molar-refractivity contribution in [2.45, 2.75) is 47.1 Å². The van der Waals surface area contributed by atoms with Crippen LogP contribution in [0.15, 0.2) is 6.07 Å². The van der Waals surface area contributed by atoms with Gasteiger partial charge in [-0.25, -0.2) is 9.97 Å². The van der Waals surface area contributed by atoms with Crippen LogP contribution in [0.3, 0.4) is 0 Å². The third kappa shape index (κ3) is 6.96. The van der Waals surface area contributed by atoms with E-state index in [1.807, 2.05) is 19.9 Å². The molecule has 0 aliphatic heterocycles. The van der Waals surface area contributed by atoms with Gasteiger partial charge in [-0.2, -0.15) is 0 Å². The predicted octanol–water partition coefficient (Wildman–Crippen LogP) is 2.39. The van der Waals surface area contributed by atoms with Gasteiger partial charge >= 0.3 is 0 Å². The second kappa shape index (κ2) is 6.70. The molecule has 5 heteroatoms. The fourth-order valence-electron chi connectivity index (χ4n) is 1.58. The maximum absolute atomic E-state index is 5.72. The highest BCUT2D eigenvalue weighted by Crippen LogP contribution is 2.18. The van der Waals surface area contributed by atoms with Crippen LogP contribution < -0.4 is 16.4 Å². The second-order valence-corrected chi connectivity index (χ2v) is 6.28. The van der Waals surface area contributed by atoms with Gasteiger partial charge in [0.15, 0.2) is 0 Å². The van der Waals surface area contributed by atoms with E-state index in [4.69, 9.17) is 5.73 Å². The number of rotatable bonds is 6. The van der Waals surface area contributed by atoms with Crippen LogP contribution in [0, 0.1) is 12.3 Å². The molecule has 1 aromatic heterocycles. The molecular weight excluding hydrogens is 238 g/mol. The molecule has 1 aromatic rings. The van der Waals surface area contributed by atoms with Crippen molar-refractivity contribution in [3.63, 3.8) is 0 Å². The molecule has 0 saturated carbocycles. The van der Waals surface area contributed by atoms with E-state index in [9.17, 15) is 0 Å². The molecule has 1 heterocycles. The highest BCUT2D eigenvalue weighted by atomic mass is 15.1. The normalized spacial score (nSPS) is 13.2. The van der Waals surface area contributed by atoms with Crippen molar-refractivity contribution >= 4 is 11.6 Å². The highest BCUT2D eigenvalue weighted by Gasteiger charge is 2.09. The average molecular weight is 265 g/mol. The number of anilines is 2. The van der Waals surface area contributed by atoms with Crippen molar-refractivity contribution < 1.29 is 0 Å². The summed E-state index contributed by atoms with van der Waals surface area (Å²) in [4.78, 5) is 8.73. The van der Waals surface area contributed by atoms with Gasteiger partial charge in [-0.05, 0) is 25.7 Å². The van der Waals surface area contributed by atoms with Crippen LogP contribution in [0.4, 0.5) is 11.6 Å². The Morgan fingerprint density at radius 2 is 1.79 bits per heavy atom. The minimum atomic E-state index is 0.104. The minimum Gasteiger partial charge on any atom is -0.370 e. The van der Waals surface area contributed by atoms with E-state index in [1.54, 1.807) is 0 Å². The van der Waals surface area contributed by atoms with Gasteiger partial charge in [0.25, 0.3) is 0 Å². The summed E-state index contributed by atoms with van der Waals surface area (Å²) in [6, 6.07) is 2.03. The molecule has 1 atom stereocenters. The number of nitrogens with zero attached hydrogens (tertiary/aromatic N) is 2. The Balaban J connectivity index is 2.58. The van der Waals surface area contributed by atoms with Crippen molar-refractivity contribution in [1.29, 1.82) is 0 Å². The summed E-state index contributed by atoms with van der Waals surface area (Å²) in [5, 5.41) is 6.56. The first kappa shape index (κ1) is 15.7. The maximum atomic E-state index is 5.72. The van der Waals surface area contributed by atoms with E-state index in [0.717, 1.165) is 30.4 Å². The van der Waals surface area contributed by atoms with Crippen LogP contribution in [0.5, 0.6) is 0 Å². The van der Waals surface area contributed by atoms with Crippen molar-refractivity contribution in [3.05, 3.63) is 11.9 Å². The number of aromatic nitrogens is 2. The summed E-state index contributed by atoms with van der Waals surface area (Å²) >= 11 is 0. The van der Waals surface area contributed by atoms with Gasteiger partial charge in [-0.1, -0.05) is 20.8 Å². The quantitative estimate of drug-likeness (QED) is 0.736. The first-order valence-electron chi connectivity index (χ1n) is 6.85. The molecular formula is C14H27N5. The molecule has 0 fully saturated rings. The lowest BCUT2D eigenvalue weighted by Gasteiger charge is -2.18. The first-order chi connectivity index (χ1) is 8.76. The van der Waals surface area contributed by atoms with Gasteiger partial charge in [-0.15, -0.1) is 0 Å². The monoisotopic (exact) mass is 265 g/mol. The largest absolute Gasteiger partial charge is 0.370 e. The van der Waals surface area contributed by atoms with Gasteiger partial charge in [0.2, 0.25) is 0 Å². The van der Waals surface area contributed by atoms with Crippen LogP contribution in [0.1, 0.15) is 39.9 Å². The topological polar surface area (TPSA) is 75.9 Å². The zero-order valence-corrected chi connectivity index (χ0v) is 12.7. The average Bonchev–Trinajstić information content (AvgIpc) is 2.24. The number of aryl methyl sites for hydroxylation is 1. The van der Waals surface area contributed by atoms with Crippen LogP contribution in [0.2, 0.25) is 0 Å². The smallest absolute Gasteiger partial charge is 0.131 e. The fourth-order valence-corrected chi connectivity index (χ4v) is 1.58. The van der Waals surface area contributed by atoms with Crippen LogP contribution in [-0.4, -0.2) is 29.1 Å². The zero-order valence-electron chi connectivity index (χ0n) is 12.7. The molecule has 0 aliphatic rings. The molecule has 5 nitrogen and oxygen atoms in total. The Bertz CT molecular complexity index is 395. The van der Waals surface area contributed by atoms with Crippen LogP contribution in [-0.2, 0) is 0 Å². The molecule has 0 radical (unpaired) electrons. The Hall–Kier alpha value is -1.36. The summed E-state index contributed by atoms with van der Waals surface area (Å²) in [7, 11) is 0. The summed E-state index contributed by atoms with van der Waals surface area (Å²) < 4.78 is 0. The highest BCUT2D eigenvalue weighted by molar-refractivity contribution is 5.47. The Morgan fingerprint density at radius 1 is 1.21 bits per heavy atom. The molecule has 0 aromatic carbocycles. The molecule has 4 N–H and O–H groups in total. The lowest BCUT2D eigenvalue weighted by atomic mass is 9.92. The number of nitrogens with two attached hydrogens (primary N) is 1. The molecule has 19 heavy (non-hydrogen) atoms. The molecule has 108 valence electrons. The van der Waals surface area contributed by atoms with Gasteiger partial charge in [0, 0.05) is 25.2 Å². The standard InChI is InChI=1S/C14H27N5/c1-10(15)9-17-13-8-12(18-11(2)19-13)16-7-6-14(3,4)5/h8,10H,6-7,9,15H2,1-5H3,(H2,16,17,18,19). The molecule has 0 spiro atoms. The second-order valence-electron chi connectivity index (χ2n) is 6.28. The fraction of sp³-hybridized carbons (Fsp3) is 0.714. The number of nitrogens with one attached hydrogen (secondary N) is 2. The third-order valence-electron chi connectivity index (χ3n) is 2.62. The van der Waals surface area contributed by atoms with E-state index in [-0.39, 0.29) is 6.04 Å². The number of hydrogen-bond donors (Lipinski definition) is 3. The van der Waals surface area contributed by atoms with E-state index in [0.29, 0.717) is 12.0 Å². The summed E-state index contributed by atoms with van der Waals surface area (Å²) in [6.07, 6.45) is 1.10.